The lowest BCUT2D eigenvalue weighted by molar-refractivity contribution is -0.140. The molecule has 2 amide bonds. The van der Waals surface area contributed by atoms with Gasteiger partial charge in [0.05, 0.1) is 10.6 Å². The minimum absolute atomic E-state index is 0.0234. The van der Waals surface area contributed by atoms with Crippen LogP contribution in [0.5, 0.6) is 0 Å². The van der Waals surface area contributed by atoms with Crippen LogP contribution in [-0.4, -0.2) is 44.3 Å². The minimum Gasteiger partial charge on any atom is -0.354 e. The van der Waals surface area contributed by atoms with Crippen LogP contribution in [0.4, 0.5) is 5.69 Å². The topological polar surface area (TPSA) is 86.8 Å². The molecule has 0 saturated carbocycles. The van der Waals surface area contributed by atoms with Crippen LogP contribution in [0.2, 0.25) is 10.0 Å². The molecule has 0 bridgehead atoms. The number of anilines is 1. The fraction of sp³-hybridized carbons (Fsp3) is 0.235. The molecule has 0 aromatic heterocycles. The highest BCUT2D eigenvalue weighted by Crippen LogP contribution is 2.29. The summed E-state index contributed by atoms with van der Waals surface area (Å²) in [6.45, 7) is 3.69. The lowest BCUT2D eigenvalue weighted by Gasteiger charge is -2.34. The molecule has 44 heavy (non-hydrogen) atoms. The lowest BCUT2D eigenvalue weighted by Crippen LogP contribution is -2.53. The maximum Gasteiger partial charge on any atom is 0.264 e. The number of hydrogen-bond acceptors (Lipinski definition) is 4. The molecule has 0 aliphatic rings. The van der Waals surface area contributed by atoms with Crippen molar-refractivity contribution in [1.82, 2.24) is 10.2 Å². The van der Waals surface area contributed by atoms with Gasteiger partial charge in [0, 0.05) is 29.6 Å². The second kappa shape index (κ2) is 15.2. The van der Waals surface area contributed by atoms with Gasteiger partial charge < -0.3 is 10.2 Å². The molecule has 0 radical (unpaired) electrons. The van der Waals surface area contributed by atoms with E-state index in [2.05, 4.69) is 5.32 Å². The van der Waals surface area contributed by atoms with Crippen molar-refractivity contribution in [1.29, 1.82) is 0 Å². The SMILES string of the molecule is CCCNC(=O)C(Cc1ccccc1)N(Cc1ccc(Cl)cc1)C(=O)CN(c1ccc(C)c(Cl)c1)S(=O)(=O)c1ccccc1. The van der Waals surface area contributed by atoms with Crippen LogP contribution < -0.4 is 9.62 Å². The Morgan fingerprint density at radius 3 is 2.09 bits per heavy atom. The maximum atomic E-state index is 14.4. The number of sulfonamides is 1. The summed E-state index contributed by atoms with van der Waals surface area (Å²) in [5.74, 6) is -0.877. The molecule has 4 aromatic carbocycles. The van der Waals surface area contributed by atoms with Crippen molar-refractivity contribution < 1.29 is 18.0 Å². The quantitative estimate of drug-likeness (QED) is 0.175. The fourth-order valence-electron chi connectivity index (χ4n) is 4.69. The Hall–Kier alpha value is -3.85. The second-order valence-corrected chi connectivity index (χ2v) is 13.1. The van der Waals surface area contributed by atoms with E-state index in [0.29, 0.717) is 23.0 Å². The van der Waals surface area contributed by atoms with Gasteiger partial charge in [0.2, 0.25) is 11.8 Å². The number of amides is 2. The van der Waals surface area contributed by atoms with Crippen LogP contribution in [0.25, 0.3) is 0 Å². The Labute approximate surface area is 269 Å². The van der Waals surface area contributed by atoms with Crippen molar-refractivity contribution in [3.05, 3.63) is 130 Å². The molecular formula is C34H35Cl2N3O4S. The number of carbonyl (C=O) groups excluding carboxylic acids is 2. The summed E-state index contributed by atoms with van der Waals surface area (Å²) in [6.07, 6.45) is 0.948. The molecule has 0 heterocycles. The van der Waals surface area contributed by atoms with Crippen molar-refractivity contribution >= 4 is 50.7 Å². The van der Waals surface area contributed by atoms with Gasteiger partial charge in [-0.15, -0.1) is 0 Å². The Bertz CT molecular complexity index is 1670. The predicted molar refractivity (Wildman–Crippen MR) is 176 cm³/mol. The second-order valence-electron chi connectivity index (χ2n) is 10.4. The Kier molecular flexibility index (Phi) is 11.4. The molecule has 1 unspecified atom stereocenters. The maximum absolute atomic E-state index is 14.4. The molecule has 1 N–H and O–H groups in total. The Balaban J connectivity index is 1.80. The average Bonchev–Trinajstić information content (AvgIpc) is 3.03. The summed E-state index contributed by atoms with van der Waals surface area (Å²) in [5, 5.41) is 3.83. The van der Waals surface area contributed by atoms with Gasteiger partial charge in [0.15, 0.2) is 0 Å². The molecule has 0 aliphatic heterocycles. The number of benzene rings is 4. The zero-order valence-corrected chi connectivity index (χ0v) is 26.9. The Morgan fingerprint density at radius 2 is 1.48 bits per heavy atom. The number of aryl methyl sites for hydroxylation is 1. The van der Waals surface area contributed by atoms with Crippen LogP contribution in [0.15, 0.2) is 108 Å². The van der Waals surface area contributed by atoms with Crippen molar-refractivity contribution in [3.8, 4) is 0 Å². The third kappa shape index (κ3) is 8.40. The standard InChI is InChI=1S/C34H35Cl2N3O4S/c1-3-20-37-34(41)32(21-26-10-6-4-7-11-26)38(23-27-15-17-28(35)18-16-27)33(40)24-39(29-19-14-25(2)31(36)22-29)44(42,43)30-12-8-5-9-13-30/h4-19,22,32H,3,20-21,23-24H2,1-2H3,(H,37,41). The molecule has 4 rings (SSSR count). The van der Waals surface area contributed by atoms with Crippen molar-refractivity contribution in [2.75, 3.05) is 17.4 Å². The van der Waals surface area contributed by atoms with Crippen molar-refractivity contribution in [2.45, 2.75) is 44.2 Å². The monoisotopic (exact) mass is 651 g/mol. The van der Waals surface area contributed by atoms with E-state index in [4.69, 9.17) is 23.2 Å². The Morgan fingerprint density at radius 1 is 0.841 bits per heavy atom. The predicted octanol–water partition coefficient (Wildman–Crippen LogP) is 6.66. The van der Waals surface area contributed by atoms with E-state index in [1.54, 1.807) is 54.6 Å². The first-order valence-corrected chi connectivity index (χ1v) is 16.5. The molecule has 0 saturated heterocycles. The summed E-state index contributed by atoms with van der Waals surface area (Å²) < 4.78 is 29.1. The van der Waals surface area contributed by atoms with Crippen LogP contribution in [0.1, 0.15) is 30.0 Å². The summed E-state index contributed by atoms with van der Waals surface area (Å²) >= 11 is 12.6. The van der Waals surface area contributed by atoms with Gasteiger partial charge in [0.25, 0.3) is 10.0 Å². The number of rotatable bonds is 13. The molecule has 10 heteroatoms. The van der Waals surface area contributed by atoms with Gasteiger partial charge in [-0.1, -0.05) is 96.9 Å². The van der Waals surface area contributed by atoms with Gasteiger partial charge in [-0.25, -0.2) is 8.42 Å². The van der Waals surface area contributed by atoms with Gasteiger partial charge in [-0.3, -0.25) is 13.9 Å². The minimum atomic E-state index is -4.20. The molecule has 0 fully saturated rings. The number of halogens is 2. The zero-order valence-electron chi connectivity index (χ0n) is 24.6. The largest absolute Gasteiger partial charge is 0.354 e. The summed E-state index contributed by atoms with van der Waals surface area (Å²) in [5.41, 5.74) is 2.59. The number of hydrogen-bond donors (Lipinski definition) is 1. The van der Waals surface area contributed by atoms with Crippen LogP contribution in [0, 0.1) is 6.92 Å². The van der Waals surface area contributed by atoms with Gasteiger partial charge in [0.1, 0.15) is 12.6 Å². The van der Waals surface area contributed by atoms with E-state index in [-0.39, 0.29) is 29.5 Å². The van der Waals surface area contributed by atoms with Crippen LogP contribution >= 0.6 is 23.2 Å². The molecule has 0 aliphatic carbocycles. The summed E-state index contributed by atoms with van der Waals surface area (Å²) in [4.78, 5) is 29.6. The van der Waals surface area contributed by atoms with E-state index in [0.717, 1.165) is 21.0 Å². The average molecular weight is 653 g/mol. The molecule has 230 valence electrons. The third-order valence-electron chi connectivity index (χ3n) is 7.14. The lowest BCUT2D eigenvalue weighted by atomic mass is 10.0. The first-order valence-electron chi connectivity index (χ1n) is 14.3. The van der Waals surface area contributed by atoms with E-state index in [1.807, 2.05) is 44.2 Å². The number of carbonyl (C=O) groups is 2. The first-order chi connectivity index (χ1) is 21.1. The highest BCUT2D eigenvalue weighted by molar-refractivity contribution is 7.92. The van der Waals surface area contributed by atoms with E-state index in [1.165, 1.54) is 23.1 Å². The van der Waals surface area contributed by atoms with Gasteiger partial charge in [-0.2, -0.15) is 0 Å². The highest BCUT2D eigenvalue weighted by atomic mass is 35.5. The highest BCUT2D eigenvalue weighted by Gasteiger charge is 2.34. The molecular weight excluding hydrogens is 617 g/mol. The number of nitrogens with one attached hydrogen (secondary N) is 1. The van der Waals surface area contributed by atoms with Crippen LogP contribution in [-0.2, 0) is 32.6 Å². The molecule has 1 atom stereocenters. The molecule has 7 nitrogen and oxygen atoms in total. The molecule has 4 aromatic rings. The molecule has 0 spiro atoms. The van der Waals surface area contributed by atoms with E-state index >= 15 is 0 Å². The summed E-state index contributed by atoms with van der Waals surface area (Å²) in [6, 6.07) is 28.2. The number of nitrogens with zero attached hydrogens (tertiary/aromatic N) is 2. The van der Waals surface area contributed by atoms with Gasteiger partial charge in [-0.05, 0) is 66.4 Å². The normalized spacial score (nSPS) is 11.9. The fourth-order valence-corrected chi connectivity index (χ4v) is 6.42. The summed E-state index contributed by atoms with van der Waals surface area (Å²) in [7, 11) is -4.20. The van der Waals surface area contributed by atoms with Crippen molar-refractivity contribution in [2.24, 2.45) is 0 Å². The first kappa shape index (κ1) is 33.1. The van der Waals surface area contributed by atoms with E-state index < -0.39 is 28.5 Å². The van der Waals surface area contributed by atoms with Gasteiger partial charge >= 0.3 is 0 Å². The van der Waals surface area contributed by atoms with E-state index in [9.17, 15) is 18.0 Å². The van der Waals surface area contributed by atoms with Crippen LogP contribution in [0.3, 0.4) is 0 Å². The zero-order chi connectivity index (χ0) is 31.7. The smallest absolute Gasteiger partial charge is 0.264 e. The van der Waals surface area contributed by atoms with Crippen molar-refractivity contribution in [3.63, 3.8) is 0 Å². The third-order valence-corrected chi connectivity index (χ3v) is 9.59.